The van der Waals surface area contributed by atoms with Crippen LogP contribution in [0.25, 0.3) is 0 Å². The van der Waals surface area contributed by atoms with Gasteiger partial charge in [0.15, 0.2) is 0 Å². The Labute approximate surface area is 97.4 Å². The molecule has 0 saturated carbocycles. The molecule has 0 aliphatic carbocycles. The minimum Gasteiger partial charge on any atom is -0.493 e. The van der Waals surface area contributed by atoms with Crippen molar-refractivity contribution in [2.75, 3.05) is 19.8 Å². The predicted octanol–water partition coefficient (Wildman–Crippen LogP) is 1.78. The summed E-state index contributed by atoms with van der Waals surface area (Å²) in [6.07, 6.45) is 0. The molecule has 0 atom stereocenters. The van der Waals surface area contributed by atoms with Crippen LogP contribution in [0, 0.1) is 13.8 Å². The zero-order chi connectivity index (χ0) is 12.0. The van der Waals surface area contributed by atoms with Crippen molar-refractivity contribution in [1.82, 2.24) is 5.32 Å². The molecule has 0 aliphatic rings. The second-order valence-electron chi connectivity index (χ2n) is 3.83. The molecule has 16 heavy (non-hydrogen) atoms. The maximum absolute atomic E-state index is 8.72. The second-order valence-corrected chi connectivity index (χ2v) is 3.83. The van der Waals surface area contributed by atoms with Crippen LogP contribution < -0.4 is 10.1 Å². The van der Waals surface area contributed by atoms with Crippen molar-refractivity contribution in [1.29, 1.82) is 0 Å². The van der Waals surface area contributed by atoms with Gasteiger partial charge >= 0.3 is 0 Å². The van der Waals surface area contributed by atoms with Crippen LogP contribution in [-0.4, -0.2) is 24.9 Å². The highest BCUT2D eigenvalue weighted by molar-refractivity contribution is 5.45. The lowest BCUT2D eigenvalue weighted by molar-refractivity contribution is 0.290. The number of ether oxygens (including phenoxy) is 1. The fourth-order valence-corrected chi connectivity index (χ4v) is 1.63. The molecule has 90 valence electrons. The first-order chi connectivity index (χ1) is 7.70. The quantitative estimate of drug-likeness (QED) is 0.722. The SMILES string of the molecule is CCOc1c(CNCCO)ccc(C)c1C. The molecule has 3 heteroatoms. The van der Waals surface area contributed by atoms with E-state index in [2.05, 4.69) is 31.3 Å². The Hall–Kier alpha value is -1.06. The molecule has 0 aromatic heterocycles. The Bertz CT molecular complexity index is 337. The topological polar surface area (TPSA) is 41.5 Å². The molecule has 0 fully saturated rings. The highest BCUT2D eigenvalue weighted by Gasteiger charge is 2.08. The van der Waals surface area contributed by atoms with E-state index >= 15 is 0 Å². The van der Waals surface area contributed by atoms with E-state index in [1.165, 1.54) is 11.1 Å². The number of benzene rings is 1. The summed E-state index contributed by atoms with van der Waals surface area (Å²) in [6.45, 7) is 8.34. The van der Waals surface area contributed by atoms with E-state index in [0.717, 1.165) is 17.9 Å². The molecule has 1 aromatic carbocycles. The molecule has 0 heterocycles. The van der Waals surface area contributed by atoms with Crippen molar-refractivity contribution in [3.8, 4) is 5.75 Å². The van der Waals surface area contributed by atoms with Crippen LogP contribution in [-0.2, 0) is 6.54 Å². The van der Waals surface area contributed by atoms with E-state index in [1.54, 1.807) is 0 Å². The van der Waals surface area contributed by atoms with Gasteiger partial charge in [0.2, 0.25) is 0 Å². The highest BCUT2D eigenvalue weighted by atomic mass is 16.5. The third-order valence-corrected chi connectivity index (χ3v) is 2.65. The Balaban J connectivity index is 2.85. The number of hydrogen-bond acceptors (Lipinski definition) is 3. The van der Waals surface area contributed by atoms with E-state index in [0.29, 0.717) is 13.2 Å². The largest absolute Gasteiger partial charge is 0.493 e. The first kappa shape index (κ1) is 13.0. The molecule has 0 bridgehead atoms. The van der Waals surface area contributed by atoms with Gasteiger partial charge in [0.05, 0.1) is 13.2 Å². The van der Waals surface area contributed by atoms with E-state index < -0.39 is 0 Å². The molecule has 0 aliphatic heterocycles. The van der Waals surface area contributed by atoms with Gasteiger partial charge in [0, 0.05) is 18.7 Å². The zero-order valence-corrected chi connectivity index (χ0v) is 10.3. The van der Waals surface area contributed by atoms with Crippen molar-refractivity contribution >= 4 is 0 Å². The Morgan fingerprint density at radius 2 is 2.06 bits per heavy atom. The fourth-order valence-electron chi connectivity index (χ4n) is 1.63. The predicted molar refractivity (Wildman–Crippen MR) is 65.9 cm³/mol. The smallest absolute Gasteiger partial charge is 0.126 e. The van der Waals surface area contributed by atoms with Crippen molar-refractivity contribution < 1.29 is 9.84 Å². The number of aliphatic hydroxyl groups excluding tert-OH is 1. The average molecular weight is 223 g/mol. The van der Waals surface area contributed by atoms with Gasteiger partial charge in [-0.1, -0.05) is 12.1 Å². The molecule has 0 saturated heterocycles. The normalized spacial score (nSPS) is 10.5. The molecular formula is C13H21NO2. The van der Waals surface area contributed by atoms with Crippen LogP contribution in [0.4, 0.5) is 0 Å². The fraction of sp³-hybridized carbons (Fsp3) is 0.538. The summed E-state index contributed by atoms with van der Waals surface area (Å²) < 4.78 is 5.68. The van der Waals surface area contributed by atoms with Gasteiger partial charge in [-0.25, -0.2) is 0 Å². The summed E-state index contributed by atoms with van der Waals surface area (Å²) in [7, 11) is 0. The molecule has 0 radical (unpaired) electrons. The van der Waals surface area contributed by atoms with Crippen LogP contribution in [0.15, 0.2) is 12.1 Å². The monoisotopic (exact) mass is 223 g/mol. The maximum Gasteiger partial charge on any atom is 0.126 e. The molecule has 3 nitrogen and oxygen atoms in total. The first-order valence-corrected chi connectivity index (χ1v) is 5.74. The van der Waals surface area contributed by atoms with E-state index in [9.17, 15) is 0 Å². The number of hydrogen-bond donors (Lipinski definition) is 2. The van der Waals surface area contributed by atoms with Crippen molar-refractivity contribution in [3.63, 3.8) is 0 Å². The standard InChI is InChI=1S/C13H21NO2/c1-4-16-13-11(3)10(2)5-6-12(13)9-14-7-8-15/h5-6,14-15H,4,7-9H2,1-3H3. The second kappa shape index (κ2) is 6.51. The molecular weight excluding hydrogens is 202 g/mol. The van der Waals surface area contributed by atoms with Gasteiger partial charge < -0.3 is 15.2 Å². The minimum absolute atomic E-state index is 0.162. The summed E-state index contributed by atoms with van der Waals surface area (Å²) in [4.78, 5) is 0. The summed E-state index contributed by atoms with van der Waals surface area (Å²) in [5.74, 6) is 0.980. The van der Waals surface area contributed by atoms with Crippen molar-refractivity contribution in [2.45, 2.75) is 27.3 Å². The molecule has 1 aromatic rings. The van der Waals surface area contributed by atoms with Crippen LogP contribution in [0.2, 0.25) is 0 Å². The van der Waals surface area contributed by atoms with E-state index in [4.69, 9.17) is 9.84 Å². The lowest BCUT2D eigenvalue weighted by atomic mass is 10.0. The average Bonchev–Trinajstić information content (AvgIpc) is 2.28. The molecule has 0 amide bonds. The number of aliphatic hydroxyl groups is 1. The van der Waals surface area contributed by atoms with Gasteiger partial charge in [-0.05, 0) is 31.9 Å². The van der Waals surface area contributed by atoms with Crippen LogP contribution in [0.3, 0.4) is 0 Å². The summed E-state index contributed by atoms with van der Waals surface area (Å²) in [5, 5.41) is 11.9. The third kappa shape index (κ3) is 3.22. The van der Waals surface area contributed by atoms with Crippen molar-refractivity contribution in [2.24, 2.45) is 0 Å². The van der Waals surface area contributed by atoms with Crippen LogP contribution in [0.5, 0.6) is 5.75 Å². The first-order valence-electron chi connectivity index (χ1n) is 5.74. The van der Waals surface area contributed by atoms with Gasteiger partial charge in [0.25, 0.3) is 0 Å². The lowest BCUT2D eigenvalue weighted by Crippen LogP contribution is -2.18. The van der Waals surface area contributed by atoms with Crippen LogP contribution >= 0.6 is 0 Å². The zero-order valence-electron chi connectivity index (χ0n) is 10.3. The molecule has 2 N–H and O–H groups in total. The molecule has 0 unspecified atom stereocenters. The molecule has 1 rings (SSSR count). The number of nitrogens with one attached hydrogen (secondary N) is 1. The van der Waals surface area contributed by atoms with Gasteiger partial charge in [0.1, 0.15) is 5.75 Å². The third-order valence-electron chi connectivity index (χ3n) is 2.65. The maximum atomic E-state index is 8.72. The Kier molecular flexibility index (Phi) is 5.29. The van der Waals surface area contributed by atoms with Gasteiger partial charge in [-0.3, -0.25) is 0 Å². The summed E-state index contributed by atoms with van der Waals surface area (Å²) in [5.41, 5.74) is 3.60. The minimum atomic E-state index is 0.162. The number of rotatable bonds is 6. The summed E-state index contributed by atoms with van der Waals surface area (Å²) >= 11 is 0. The van der Waals surface area contributed by atoms with E-state index in [1.807, 2.05) is 6.92 Å². The van der Waals surface area contributed by atoms with E-state index in [-0.39, 0.29) is 6.61 Å². The molecule has 0 spiro atoms. The number of aryl methyl sites for hydroxylation is 1. The van der Waals surface area contributed by atoms with Crippen LogP contribution in [0.1, 0.15) is 23.6 Å². The van der Waals surface area contributed by atoms with Gasteiger partial charge in [-0.15, -0.1) is 0 Å². The lowest BCUT2D eigenvalue weighted by Gasteiger charge is -2.15. The van der Waals surface area contributed by atoms with Crippen molar-refractivity contribution in [3.05, 3.63) is 28.8 Å². The van der Waals surface area contributed by atoms with Gasteiger partial charge in [-0.2, -0.15) is 0 Å². The Morgan fingerprint density at radius 1 is 1.31 bits per heavy atom. The Morgan fingerprint density at radius 3 is 2.69 bits per heavy atom. The highest BCUT2D eigenvalue weighted by Crippen LogP contribution is 2.26. The summed E-state index contributed by atoms with van der Waals surface area (Å²) in [6, 6.07) is 4.19.